The molecule has 1 aromatic carbocycles. The van der Waals surface area contributed by atoms with Crippen molar-refractivity contribution in [1.29, 1.82) is 0 Å². The zero-order valence-corrected chi connectivity index (χ0v) is 12.2. The maximum absolute atomic E-state index is 6.04. The van der Waals surface area contributed by atoms with Gasteiger partial charge in [-0.3, -0.25) is 0 Å². The van der Waals surface area contributed by atoms with Gasteiger partial charge < -0.3 is 10.5 Å². The van der Waals surface area contributed by atoms with Crippen LogP contribution in [0.4, 0.5) is 0 Å². The molecule has 1 atom stereocenters. The minimum Gasteiger partial charge on any atom is -0.494 e. The number of ether oxygens (including phenoxy) is 1. The van der Waals surface area contributed by atoms with Crippen molar-refractivity contribution in [1.82, 2.24) is 0 Å². The highest BCUT2D eigenvalue weighted by Gasteiger charge is 2.18. The van der Waals surface area contributed by atoms with E-state index in [0.29, 0.717) is 0 Å². The molecular formula is C17H27NO. The standard InChI is InChI=1S/C17H27NO/c1-2-3-4-5-6-7-12-19-15-9-10-16-14(13-15)8-11-17(16)18/h9-10,13,17H,2-8,11-12,18H2,1H3/t17-/m0/s1. The smallest absolute Gasteiger partial charge is 0.119 e. The summed E-state index contributed by atoms with van der Waals surface area (Å²) in [5.74, 6) is 1.02. The van der Waals surface area contributed by atoms with Crippen molar-refractivity contribution in [3.8, 4) is 5.75 Å². The van der Waals surface area contributed by atoms with Gasteiger partial charge in [-0.15, -0.1) is 0 Å². The minimum atomic E-state index is 0.239. The average Bonchev–Trinajstić information content (AvgIpc) is 2.79. The second-order valence-electron chi connectivity index (χ2n) is 5.62. The van der Waals surface area contributed by atoms with Crippen LogP contribution < -0.4 is 10.5 Å². The Bertz CT molecular complexity index is 389. The molecule has 0 spiro atoms. The first-order valence-electron chi connectivity index (χ1n) is 7.82. The Morgan fingerprint density at radius 2 is 1.95 bits per heavy atom. The fourth-order valence-corrected chi connectivity index (χ4v) is 2.79. The van der Waals surface area contributed by atoms with Crippen molar-refractivity contribution in [2.24, 2.45) is 5.73 Å². The molecule has 106 valence electrons. The van der Waals surface area contributed by atoms with E-state index >= 15 is 0 Å². The molecule has 0 saturated carbocycles. The molecule has 2 N–H and O–H groups in total. The summed E-state index contributed by atoms with van der Waals surface area (Å²) in [5.41, 5.74) is 8.73. The van der Waals surface area contributed by atoms with Crippen molar-refractivity contribution < 1.29 is 4.74 Å². The molecule has 0 heterocycles. The van der Waals surface area contributed by atoms with Crippen LogP contribution in [0, 0.1) is 0 Å². The van der Waals surface area contributed by atoms with Crippen molar-refractivity contribution in [2.75, 3.05) is 6.61 Å². The highest BCUT2D eigenvalue weighted by atomic mass is 16.5. The van der Waals surface area contributed by atoms with Crippen LogP contribution in [0.1, 0.15) is 69.0 Å². The lowest BCUT2D eigenvalue weighted by molar-refractivity contribution is 0.304. The van der Waals surface area contributed by atoms with Gasteiger partial charge in [-0.25, -0.2) is 0 Å². The average molecular weight is 261 g/mol. The van der Waals surface area contributed by atoms with Gasteiger partial charge in [-0.1, -0.05) is 45.1 Å². The van der Waals surface area contributed by atoms with Gasteiger partial charge in [0, 0.05) is 6.04 Å². The highest BCUT2D eigenvalue weighted by Crippen LogP contribution is 2.31. The highest BCUT2D eigenvalue weighted by molar-refractivity contribution is 5.40. The number of unbranched alkanes of at least 4 members (excludes halogenated alkanes) is 5. The zero-order chi connectivity index (χ0) is 13.5. The molecule has 1 aliphatic carbocycles. The Balaban J connectivity index is 1.67. The second-order valence-corrected chi connectivity index (χ2v) is 5.62. The van der Waals surface area contributed by atoms with E-state index in [2.05, 4.69) is 25.1 Å². The number of fused-ring (bicyclic) bond motifs is 1. The van der Waals surface area contributed by atoms with E-state index in [4.69, 9.17) is 10.5 Å². The quantitative estimate of drug-likeness (QED) is 0.705. The molecule has 1 aromatic rings. The first kappa shape index (κ1) is 14.4. The topological polar surface area (TPSA) is 35.2 Å². The predicted molar refractivity (Wildman–Crippen MR) is 80.6 cm³/mol. The van der Waals surface area contributed by atoms with Crippen molar-refractivity contribution in [3.05, 3.63) is 29.3 Å². The zero-order valence-electron chi connectivity index (χ0n) is 12.2. The van der Waals surface area contributed by atoms with E-state index in [0.717, 1.165) is 25.2 Å². The van der Waals surface area contributed by atoms with Crippen LogP contribution in [0.5, 0.6) is 5.75 Å². The van der Waals surface area contributed by atoms with E-state index in [1.807, 2.05) is 0 Å². The normalized spacial score (nSPS) is 17.5. The monoisotopic (exact) mass is 261 g/mol. The fourth-order valence-electron chi connectivity index (χ4n) is 2.79. The summed E-state index contributed by atoms with van der Waals surface area (Å²) >= 11 is 0. The number of aryl methyl sites for hydroxylation is 1. The summed E-state index contributed by atoms with van der Waals surface area (Å²) in [6.07, 6.45) is 10.0. The Kier molecular flexibility index (Phi) is 5.71. The number of hydrogen-bond acceptors (Lipinski definition) is 2. The third-order valence-electron chi connectivity index (χ3n) is 4.01. The molecule has 0 amide bonds. The Morgan fingerprint density at radius 1 is 1.16 bits per heavy atom. The van der Waals surface area contributed by atoms with E-state index in [1.165, 1.54) is 49.7 Å². The lowest BCUT2D eigenvalue weighted by Crippen LogP contribution is -2.05. The second kappa shape index (κ2) is 7.54. The Labute approximate surface area is 117 Å². The molecule has 1 aliphatic rings. The lowest BCUT2D eigenvalue weighted by Gasteiger charge is -2.09. The molecule has 0 aliphatic heterocycles. The van der Waals surface area contributed by atoms with Crippen LogP contribution in [-0.4, -0.2) is 6.61 Å². The number of benzene rings is 1. The van der Waals surface area contributed by atoms with Gasteiger partial charge in [-0.2, -0.15) is 0 Å². The van der Waals surface area contributed by atoms with Gasteiger partial charge in [0.05, 0.1) is 6.61 Å². The van der Waals surface area contributed by atoms with Crippen LogP contribution >= 0.6 is 0 Å². The molecule has 0 unspecified atom stereocenters. The molecule has 0 aromatic heterocycles. The van der Waals surface area contributed by atoms with Crippen molar-refractivity contribution in [2.45, 2.75) is 64.3 Å². The summed E-state index contributed by atoms with van der Waals surface area (Å²) in [6.45, 7) is 3.10. The fraction of sp³-hybridized carbons (Fsp3) is 0.647. The summed E-state index contributed by atoms with van der Waals surface area (Å²) in [4.78, 5) is 0. The summed E-state index contributed by atoms with van der Waals surface area (Å²) < 4.78 is 5.83. The van der Waals surface area contributed by atoms with Gasteiger partial charge in [0.1, 0.15) is 5.75 Å². The SMILES string of the molecule is CCCCCCCCOc1ccc2c(c1)CC[C@@H]2N. The largest absolute Gasteiger partial charge is 0.494 e. The summed E-state index contributed by atoms with van der Waals surface area (Å²) in [5, 5.41) is 0. The van der Waals surface area contributed by atoms with Crippen LogP contribution in [0.25, 0.3) is 0 Å². The maximum atomic E-state index is 6.04. The molecule has 0 saturated heterocycles. The van der Waals surface area contributed by atoms with Gasteiger partial charge in [0.2, 0.25) is 0 Å². The molecule has 2 rings (SSSR count). The molecule has 0 radical (unpaired) electrons. The third kappa shape index (κ3) is 4.24. The number of rotatable bonds is 8. The van der Waals surface area contributed by atoms with Crippen LogP contribution in [0.3, 0.4) is 0 Å². The number of hydrogen-bond donors (Lipinski definition) is 1. The lowest BCUT2D eigenvalue weighted by atomic mass is 10.1. The molecule has 0 bridgehead atoms. The summed E-state index contributed by atoms with van der Waals surface area (Å²) in [7, 11) is 0. The number of nitrogens with two attached hydrogens (primary N) is 1. The molecular weight excluding hydrogens is 234 g/mol. The van der Waals surface area contributed by atoms with Crippen LogP contribution in [0.2, 0.25) is 0 Å². The van der Waals surface area contributed by atoms with Gasteiger partial charge in [0.25, 0.3) is 0 Å². The van der Waals surface area contributed by atoms with Gasteiger partial charge >= 0.3 is 0 Å². The van der Waals surface area contributed by atoms with Crippen molar-refractivity contribution in [3.63, 3.8) is 0 Å². The predicted octanol–water partition coefficient (Wildman–Crippen LogP) is 4.37. The minimum absolute atomic E-state index is 0.239. The molecule has 19 heavy (non-hydrogen) atoms. The van der Waals surface area contributed by atoms with E-state index in [-0.39, 0.29) is 6.04 Å². The van der Waals surface area contributed by atoms with E-state index < -0.39 is 0 Å². The molecule has 0 fully saturated rings. The van der Waals surface area contributed by atoms with E-state index in [1.54, 1.807) is 0 Å². The molecule has 2 heteroatoms. The molecule has 2 nitrogen and oxygen atoms in total. The first-order chi connectivity index (χ1) is 9.31. The third-order valence-corrected chi connectivity index (χ3v) is 4.01. The van der Waals surface area contributed by atoms with Gasteiger partial charge in [0.15, 0.2) is 0 Å². The Hall–Kier alpha value is -1.02. The summed E-state index contributed by atoms with van der Waals surface area (Å²) in [6, 6.07) is 6.63. The van der Waals surface area contributed by atoms with E-state index in [9.17, 15) is 0 Å². The first-order valence-corrected chi connectivity index (χ1v) is 7.82. The van der Waals surface area contributed by atoms with Gasteiger partial charge in [-0.05, 0) is 42.5 Å². The maximum Gasteiger partial charge on any atom is 0.119 e. The van der Waals surface area contributed by atoms with Crippen molar-refractivity contribution >= 4 is 0 Å². The Morgan fingerprint density at radius 3 is 2.79 bits per heavy atom. The van der Waals surface area contributed by atoms with Crippen LogP contribution in [-0.2, 0) is 6.42 Å². The van der Waals surface area contributed by atoms with Crippen LogP contribution in [0.15, 0.2) is 18.2 Å².